The molecule has 1 N–H and O–H groups in total. The normalized spacial score (nSPS) is 15.2. The molecule has 0 aliphatic carbocycles. The van der Waals surface area contributed by atoms with Crippen LogP contribution in [0.2, 0.25) is 0 Å². The van der Waals surface area contributed by atoms with E-state index in [-0.39, 0.29) is 0 Å². The van der Waals surface area contributed by atoms with Crippen LogP contribution in [0.5, 0.6) is 11.5 Å². The molecule has 1 aliphatic heterocycles. The monoisotopic (exact) mass is 193 g/mol. The fraction of sp³-hybridized carbons (Fsp3) is 0.455. The summed E-state index contributed by atoms with van der Waals surface area (Å²) in [7, 11) is 0. The van der Waals surface area contributed by atoms with Crippen molar-refractivity contribution in [3.63, 3.8) is 0 Å². The molecule has 1 aromatic rings. The van der Waals surface area contributed by atoms with Crippen molar-refractivity contribution in [3.05, 3.63) is 23.8 Å². The van der Waals surface area contributed by atoms with Crippen LogP contribution >= 0.6 is 0 Å². The van der Waals surface area contributed by atoms with Crippen molar-refractivity contribution in [2.24, 2.45) is 0 Å². The van der Waals surface area contributed by atoms with Crippen molar-refractivity contribution >= 4 is 0 Å². The van der Waals surface area contributed by atoms with Gasteiger partial charge in [0.25, 0.3) is 0 Å². The summed E-state index contributed by atoms with van der Waals surface area (Å²) in [6.07, 6.45) is 0. The standard InChI is InChI=1S/C11H15NO2/c1-2-13-10-4-3-9-8-12-5-6-14-11(9)7-10/h3-4,7,12H,2,5-6,8H2,1H3. The van der Waals surface area contributed by atoms with E-state index in [1.54, 1.807) is 0 Å². The number of rotatable bonds is 2. The predicted octanol–water partition coefficient (Wildman–Crippen LogP) is 1.57. The highest BCUT2D eigenvalue weighted by Gasteiger charge is 2.08. The molecule has 1 aromatic carbocycles. The molecule has 0 atom stereocenters. The molecule has 76 valence electrons. The van der Waals surface area contributed by atoms with Crippen LogP contribution < -0.4 is 14.8 Å². The van der Waals surface area contributed by atoms with E-state index in [1.165, 1.54) is 5.56 Å². The molecule has 3 nitrogen and oxygen atoms in total. The largest absolute Gasteiger partial charge is 0.494 e. The Kier molecular flexibility index (Phi) is 2.89. The molecule has 0 spiro atoms. The summed E-state index contributed by atoms with van der Waals surface area (Å²) in [5.74, 6) is 1.83. The van der Waals surface area contributed by atoms with Gasteiger partial charge in [-0.1, -0.05) is 6.07 Å². The van der Waals surface area contributed by atoms with E-state index < -0.39 is 0 Å². The van der Waals surface area contributed by atoms with Crippen LogP contribution in [0.1, 0.15) is 12.5 Å². The van der Waals surface area contributed by atoms with Gasteiger partial charge in [0.1, 0.15) is 18.1 Å². The number of ether oxygens (including phenoxy) is 2. The molecule has 14 heavy (non-hydrogen) atoms. The number of fused-ring (bicyclic) bond motifs is 1. The van der Waals surface area contributed by atoms with Gasteiger partial charge in [0, 0.05) is 24.7 Å². The number of hydrogen-bond donors (Lipinski definition) is 1. The summed E-state index contributed by atoms with van der Waals surface area (Å²) in [6, 6.07) is 6.00. The van der Waals surface area contributed by atoms with Gasteiger partial charge in [-0.05, 0) is 13.0 Å². The van der Waals surface area contributed by atoms with Gasteiger partial charge < -0.3 is 14.8 Å². The van der Waals surface area contributed by atoms with E-state index in [9.17, 15) is 0 Å². The highest BCUT2D eigenvalue weighted by atomic mass is 16.5. The average molecular weight is 193 g/mol. The second-order valence-electron chi connectivity index (χ2n) is 3.23. The first-order valence-corrected chi connectivity index (χ1v) is 4.99. The Morgan fingerprint density at radius 3 is 3.29 bits per heavy atom. The van der Waals surface area contributed by atoms with Gasteiger partial charge in [-0.2, -0.15) is 0 Å². The van der Waals surface area contributed by atoms with Gasteiger partial charge in [-0.15, -0.1) is 0 Å². The smallest absolute Gasteiger partial charge is 0.127 e. The van der Waals surface area contributed by atoms with E-state index >= 15 is 0 Å². The molecular formula is C11H15NO2. The first kappa shape index (κ1) is 9.34. The zero-order valence-corrected chi connectivity index (χ0v) is 8.38. The van der Waals surface area contributed by atoms with Gasteiger partial charge in [0.05, 0.1) is 6.61 Å². The minimum atomic E-state index is 0.692. The number of nitrogens with one attached hydrogen (secondary N) is 1. The van der Waals surface area contributed by atoms with Crippen LogP contribution in [0.25, 0.3) is 0 Å². The third kappa shape index (κ3) is 1.99. The van der Waals surface area contributed by atoms with Gasteiger partial charge >= 0.3 is 0 Å². The van der Waals surface area contributed by atoms with Crippen LogP contribution in [0.4, 0.5) is 0 Å². The first-order chi connectivity index (χ1) is 6.90. The number of benzene rings is 1. The van der Waals surface area contributed by atoms with Crippen molar-refractivity contribution in [1.82, 2.24) is 5.32 Å². The van der Waals surface area contributed by atoms with Gasteiger partial charge in [0.2, 0.25) is 0 Å². The maximum Gasteiger partial charge on any atom is 0.127 e. The average Bonchev–Trinajstić information content (AvgIpc) is 2.42. The minimum absolute atomic E-state index is 0.692. The number of hydrogen-bond acceptors (Lipinski definition) is 3. The highest BCUT2D eigenvalue weighted by molar-refractivity contribution is 5.41. The molecule has 3 heteroatoms. The molecule has 0 aromatic heterocycles. The molecular weight excluding hydrogens is 178 g/mol. The molecule has 2 rings (SSSR count). The second-order valence-corrected chi connectivity index (χ2v) is 3.23. The third-order valence-corrected chi connectivity index (χ3v) is 2.20. The van der Waals surface area contributed by atoms with Crippen molar-refractivity contribution < 1.29 is 9.47 Å². The summed E-state index contributed by atoms with van der Waals surface area (Å²) in [4.78, 5) is 0. The lowest BCUT2D eigenvalue weighted by molar-refractivity contribution is 0.315. The van der Waals surface area contributed by atoms with Crippen LogP contribution in [0.3, 0.4) is 0 Å². The first-order valence-electron chi connectivity index (χ1n) is 4.99. The zero-order valence-electron chi connectivity index (χ0n) is 8.38. The van der Waals surface area contributed by atoms with Crippen LogP contribution in [-0.2, 0) is 6.54 Å². The Morgan fingerprint density at radius 1 is 1.50 bits per heavy atom. The molecule has 0 radical (unpaired) electrons. The van der Waals surface area contributed by atoms with E-state index in [1.807, 2.05) is 19.1 Å². The highest BCUT2D eigenvalue weighted by Crippen LogP contribution is 2.25. The summed E-state index contributed by atoms with van der Waals surface area (Å²) in [5.41, 5.74) is 1.20. The topological polar surface area (TPSA) is 30.5 Å². The Balaban J connectivity index is 2.23. The van der Waals surface area contributed by atoms with Crippen LogP contribution in [0.15, 0.2) is 18.2 Å². The van der Waals surface area contributed by atoms with Gasteiger partial charge in [-0.25, -0.2) is 0 Å². The molecule has 0 saturated heterocycles. The Labute approximate surface area is 84.0 Å². The van der Waals surface area contributed by atoms with E-state index in [0.29, 0.717) is 6.61 Å². The molecule has 0 bridgehead atoms. The third-order valence-electron chi connectivity index (χ3n) is 2.20. The van der Waals surface area contributed by atoms with Gasteiger partial charge in [0.15, 0.2) is 0 Å². The fourth-order valence-corrected chi connectivity index (χ4v) is 1.53. The summed E-state index contributed by atoms with van der Waals surface area (Å²) < 4.78 is 11.0. The Hall–Kier alpha value is -1.22. The van der Waals surface area contributed by atoms with Crippen molar-refractivity contribution in [2.45, 2.75) is 13.5 Å². The summed E-state index contributed by atoms with van der Waals surface area (Å²) in [6.45, 7) is 5.17. The zero-order chi connectivity index (χ0) is 9.80. The van der Waals surface area contributed by atoms with E-state index in [2.05, 4.69) is 11.4 Å². The minimum Gasteiger partial charge on any atom is -0.494 e. The lowest BCUT2D eigenvalue weighted by Crippen LogP contribution is -2.16. The maximum atomic E-state index is 5.59. The fourth-order valence-electron chi connectivity index (χ4n) is 1.53. The van der Waals surface area contributed by atoms with E-state index in [0.717, 1.165) is 31.2 Å². The molecule has 0 fully saturated rings. The van der Waals surface area contributed by atoms with Crippen molar-refractivity contribution in [1.29, 1.82) is 0 Å². The molecule has 1 aliphatic rings. The van der Waals surface area contributed by atoms with Gasteiger partial charge in [-0.3, -0.25) is 0 Å². The van der Waals surface area contributed by atoms with E-state index in [4.69, 9.17) is 9.47 Å². The molecule has 1 heterocycles. The summed E-state index contributed by atoms with van der Waals surface area (Å²) in [5, 5.41) is 3.29. The summed E-state index contributed by atoms with van der Waals surface area (Å²) >= 11 is 0. The van der Waals surface area contributed by atoms with Crippen molar-refractivity contribution in [3.8, 4) is 11.5 Å². The maximum absolute atomic E-state index is 5.59. The SMILES string of the molecule is CCOc1ccc2c(c1)OCCNC2. The molecule has 0 amide bonds. The lowest BCUT2D eigenvalue weighted by Gasteiger charge is -2.09. The van der Waals surface area contributed by atoms with Crippen LogP contribution in [-0.4, -0.2) is 19.8 Å². The second kappa shape index (κ2) is 4.33. The quantitative estimate of drug-likeness (QED) is 0.773. The van der Waals surface area contributed by atoms with Crippen LogP contribution in [0, 0.1) is 0 Å². The Bertz CT molecular complexity index is 312. The predicted molar refractivity (Wildman–Crippen MR) is 54.8 cm³/mol. The van der Waals surface area contributed by atoms with Crippen molar-refractivity contribution in [2.75, 3.05) is 19.8 Å². The lowest BCUT2D eigenvalue weighted by atomic mass is 10.2. The molecule has 0 unspecified atom stereocenters. The molecule has 0 saturated carbocycles. The Morgan fingerprint density at radius 2 is 2.43 bits per heavy atom.